The van der Waals surface area contributed by atoms with Gasteiger partial charge in [-0.05, 0) is 69.9 Å². The monoisotopic (exact) mass is 402 g/mol. The van der Waals surface area contributed by atoms with Gasteiger partial charge < -0.3 is 15.0 Å². The molecule has 5 heteroatoms. The Morgan fingerprint density at radius 3 is 1.90 bits per heavy atom. The molecule has 0 bridgehead atoms. The van der Waals surface area contributed by atoms with Crippen LogP contribution in [0.15, 0.2) is 24.3 Å². The van der Waals surface area contributed by atoms with Crippen LogP contribution in [0.25, 0.3) is 0 Å². The lowest BCUT2D eigenvalue weighted by Gasteiger charge is -2.37. The molecule has 0 aliphatic carbocycles. The number of carbonyl (C=O) groups is 2. The summed E-state index contributed by atoms with van der Waals surface area (Å²) in [6, 6.07) is 8.91. The lowest BCUT2D eigenvalue weighted by molar-refractivity contribution is -0.138. The van der Waals surface area contributed by atoms with Gasteiger partial charge in [0.15, 0.2) is 0 Å². The zero-order valence-electron chi connectivity index (χ0n) is 19.4. The molecular formula is C24H38N2O3. The summed E-state index contributed by atoms with van der Waals surface area (Å²) in [5, 5.41) is 2.72. The molecule has 1 fully saturated rings. The van der Waals surface area contributed by atoms with Crippen molar-refractivity contribution in [1.29, 1.82) is 0 Å². The van der Waals surface area contributed by atoms with Crippen LogP contribution in [0.4, 0.5) is 4.79 Å². The molecule has 1 aliphatic rings. The number of likely N-dealkylation sites (tertiary alicyclic amines) is 1. The van der Waals surface area contributed by atoms with Crippen LogP contribution >= 0.6 is 0 Å². The minimum absolute atomic E-state index is 0.0649. The lowest BCUT2D eigenvalue weighted by Crippen LogP contribution is -2.57. The summed E-state index contributed by atoms with van der Waals surface area (Å²) in [6.45, 7) is 16.9. The third-order valence-electron chi connectivity index (χ3n) is 5.38. The molecular weight excluding hydrogens is 364 g/mol. The first kappa shape index (κ1) is 23.2. The first-order chi connectivity index (χ1) is 13.2. The Kier molecular flexibility index (Phi) is 6.71. The number of nitrogens with zero attached hydrogens (tertiary/aromatic N) is 1. The largest absolute Gasteiger partial charge is 0.444 e. The van der Waals surface area contributed by atoms with Crippen LogP contribution < -0.4 is 5.32 Å². The van der Waals surface area contributed by atoms with Crippen LogP contribution in [-0.2, 0) is 14.9 Å². The zero-order valence-corrected chi connectivity index (χ0v) is 19.4. The number of benzene rings is 1. The van der Waals surface area contributed by atoms with Crippen molar-refractivity contribution in [2.45, 2.75) is 90.7 Å². The topological polar surface area (TPSA) is 58.6 Å². The molecule has 2 rings (SSSR count). The summed E-state index contributed by atoms with van der Waals surface area (Å²) in [6.07, 6.45) is 1.30. The number of ether oxygens (including phenoxy) is 1. The fraction of sp³-hybridized carbons (Fsp3) is 0.667. The van der Waals surface area contributed by atoms with Gasteiger partial charge in [-0.2, -0.15) is 0 Å². The van der Waals surface area contributed by atoms with E-state index in [0.717, 1.165) is 12.8 Å². The second-order valence-electron chi connectivity index (χ2n) is 10.7. The molecule has 1 aromatic rings. The fourth-order valence-electron chi connectivity index (χ4n) is 3.68. The minimum Gasteiger partial charge on any atom is -0.444 e. The maximum absolute atomic E-state index is 13.0. The van der Waals surface area contributed by atoms with Gasteiger partial charge in [0.1, 0.15) is 11.1 Å². The predicted octanol–water partition coefficient (Wildman–Crippen LogP) is 4.99. The molecule has 0 radical (unpaired) electrons. The molecule has 0 unspecified atom stereocenters. The standard InChI is InChI=1S/C24H38N2O3/c1-22(2,3)19-11-9-17(10-12-19)18-13-15-26(16-14-18)20(27)24(7,8)25-21(28)29-23(4,5)6/h9-12,18H,13-16H2,1-8H3,(H,25,28). The minimum atomic E-state index is -0.997. The summed E-state index contributed by atoms with van der Waals surface area (Å²) >= 11 is 0. The highest BCUT2D eigenvalue weighted by atomic mass is 16.6. The van der Waals surface area contributed by atoms with Gasteiger partial charge in [-0.1, -0.05) is 45.0 Å². The molecule has 5 nitrogen and oxygen atoms in total. The number of alkyl carbamates (subject to hydrolysis) is 1. The Labute approximate surface area is 176 Å². The summed E-state index contributed by atoms with van der Waals surface area (Å²) in [7, 11) is 0. The molecule has 0 atom stereocenters. The highest BCUT2D eigenvalue weighted by Gasteiger charge is 2.36. The van der Waals surface area contributed by atoms with Crippen LogP contribution in [0.3, 0.4) is 0 Å². The summed E-state index contributed by atoms with van der Waals surface area (Å²) < 4.78 is 5.30. The second kappa shape index (κ2) is 8.37. The SMILES string of the molecule is CC(C)(C)OC(=O)NC(C)(C)C(=O)N1CCC(c2ccc(C(C)(C)C)cc2)CC1. The number of amides is 2. The third kappa shape index (κ3) is 6.48. The molecule has 0 aromatic heterocycles. The molecule has 1 aliphatic heterocycles. The molecule has 29 heavy (non-hydrogen) atoms. The summed E-state index contributed by atoms with van der Waals surface area (Å²) in [4.78, 5) is 26.9. The molecule has 162 valence electrons. The van der Waals surface area contributed by atoms with E-state index in [1.54, 1.807) is 34.6 Å². The van der Waals surface area contributed by atoms with Crippen molar-refractivity contribution in [1.82, 2.24) is 10.2 Å². The van der Waals surface area contributed by atoms with Gasteiger partial charge in [-0.3, -0.25) is 4.79 Å². The Balaban J connectivity index is 1.94. The van der Waals surface area contributed by atoms with E-state index < -0.39 is 17.2 Å². The Hall–Kier alpha value is -2.04. The number of nitrogens with one attached hydrogen (secondary N) is 1. The van der Waals surface area contributed by atoms with E-state index in [0.29, 0.717) is 19.0 Å². The van der Waals surface area contributed by atoms with Gasteiger partial charge in [0.05, 0.1) is 0 Å². The van der Waals surface area contributed by atoms with Gasteiger partial charge in [0, 0.05) is 13.1 Å². The normalized spacial score (nSPS) is 16.5. The van der Waals surface area contributed by atoms with Crippen molar-refractivity contribution in [2.75, 3.05) is 13.1 Å². The molecule has 1 N–H and O–H groups in total. The number of piperidine rings is 1. The Bertz CT molecular complexity index is 716. The van der Waals surface area contributed by atoms with Crippen LogP contribution in [0.1, 0.15) is 85.3 Å². The van der Waals surface area contributed by atoms with E-state index in [4.69, 9.17) is 4.74 Å². The highest BCUT2D eigenvalue weighted by molar-refractivity contribution is 5.89. The predicted molar refractivity (Wildman–Crippen MR) is 117 cm³/mol. The van der Waals surface area contributed by atoms with E-state index in [1.807, 2.05) is 4.90 Å². The van der Waals surface area contributed by atoms with Crippen molar-refractivity contribution >= 4 is 12.0 Å². The Morgan fingerprint density at radius 1 is 0.931 bits per heavy atom. The van der Waals surface area contributed by atoms with E-state index in [2.05, 4.69) is 50.4 Å². The molecule has 2 amide bonds. The maximum Gasteiger partial charge on any atom is 0.408 e. The summed E-state index contributed by atoms with van der Waals surface area (Å²) in [5.41, 5.74) is 1.24. The molecule has 1 aromatic carbocycles. The first-order valence-electron chi connectivity index (χ1n) is 10.6. The van der Waals surface area contributed by atoms with Crippen LogP contribution in [0, 0.1) is 0 Å². The van der Waals surface area contributed by atoms with Crippen molar-refractivity contribution in [3.05, 3.63) is 35.4 Å². The molecule has 0 spiro atoms. The lowest BCUT2D eigenvalue weighted by atomic mass is 9.83. The maximum atomic E-state index is 13.0. The quantitative estimate of drug-likeness (QED) is 0.774. The van der Waals surface area contributed by atoms with E-state index in [1.165, 1.54) is 11.1 Å². The van der Waals surface area contributed by atoms with Crippen molar-refractivity contribution in [2.24, 2.45) is 0 Å². The van der Waals surface area contributed by atoms with Gasteiger partial charge in [0.2, 0.25) is 5.91 Å². The van der Waals surface area contributed by atoms with Gasteiger partial charge in [-0.15, -0.1) is 0 Å². The van der Waals surface area contributed by atoms with Crippen molar-refractivity contribution in [3.63, 3.8) is 0 Å². The second-order valence-corrected chi connectivity index (χ2v) is 10.7. The van der Waals surface area contributed by atoms with Crippen LogP contribution in [0.5, 0.6) is 0 Å². The molecule has 0 saturated carbocycles. The van der Waals surface area contributed by atoms with Crippen molar-refractivity contribution < 1.29 is 14.3 Å². The fourth-order valence-corrected chi connectivity index (χ4v) is 3.68. The number of rotatable bonds is 3. The molecule has 1 saturated heterocycles. The molecule has 1 heterocycles. The first-order valence-corrected chi connectivity index (χ1v) is 10.6. The highest BCUT2D eigenvalue weighted by Crippen LogP contribution is 2.31. The summed E-state index contributed by atoms with van der Waals surface area (Å²) in [5.74, 6) is 0.403. The Morgan fingerprint density at radius 2 is 1.45 bits per heavy atom. The van der Waals surface area contributed by atoms with E-state index >= 15 is 0 Å². The zero-order chi connectivity index (χ0) is 22.0. The van der Waals surface area contributed by atoms with E-state index in [-0.39, 0.29) is 11.3 Å². The number of hydrogen-bond acceptors (Lipinski definition) is 3. The third-order valence-corrected chi connectivity index (χ3v) is 5.38. The van der Waals surface area contributed by atoms with Gasteiger partial charge >= 0.3 is 6.09 Å². The average Bonchev–Trinajstić information content (AvgIpc) is 2.58. The van der Waals surface area contributed by atoms with Crippen molar-refractivity contribution in [3.8, 4) is 0 Å². The van der Waals surface area contributed by atoms with Crippen LogP contribution in [-0.4, -0.2) is 41.1 Å². The van der Waals surface area contributed by atoms with Crippen LogP contribution in [0.2, 0.25) is 0 Å². The number of hydrogen-bond donors (Lipinski definition) is 1. The van der Waals surface area contributed by atoms with Gasteiger partial charge in [0.25, 0.3) is 0 Å². The smallest absolute Gasteiger partial charge is 0.408 e. The van der Waals surface area contributed by atoms with Gasteiger partial charge in [-0.25, -0.2) is 4.79 Å². The van der Waals surface area contributed by atoms with E-state index in [9.17, 15) is 9.59 Å². The number of carbonyl (C=O) groups excluding carboxylic acids is 2. The average molecular weight is 403 g/mol.